The molecule has 4 rings (SSSR count). The zero-order valence-electron chi connectivity index (χ0n) is 15.3. The first-order valence-electron chi connectivity index (χ1n) is 9.29. The molecule has 0 aromatic heterocycles. The third kappa shape index (κ3) is 3.90. The van der Waals surface area contributed by atoms with Gasteiger partial charge in [0.1, 0.15) is 5.82 Å². The minimum Gasteiger partial charge on any atom is -0.347 e. The van der Waals surface area contributed by atoms with E-state index < -0.39 is 11.6 Å². The Balaban J connectivity index is 1.37. The van der Waals surface area contributed by atoms with E-state index >= 15 is 0 Å². The Morgan fingerprint density at radius 2 is 1.61 bits per heavy atom. The summed E-state index contributed by atoms with van der Waals surface area (Å²) in [6.07, 6.45) is 1.32. The maximum Gasteiger partial charge on any atom is 0.255 e. The lowest BCUT2D eigenvalue weighted by atomic mass is 10.0. The molecule has 2 aromatic rings. The quantitative estimate of drug-likeness (QED) is 0.883. The highest BCUT2D eigenvalue weighted by molar-refractivity contribution is 6.05. The Labute approximate surface area is 162 Å². The molecular formula is C21H21FN2O4. The first-order chi connectivity index (χ1) is 13.5. The summed E-state index contributed by atoms with van der Waals surface area (Å²) in [7, 11) is 0. The number of halogens is 1. The number of anilines is 1. The molecule has 2 heterocycles. The maximum atomic E-state index is 13.2. The minimum absolute atomic E-state index is 0.0788. The van der Waals surface area contributed by atoms with Gasteiger partial charge in [0.15, 0.2) is 5.79 Å². The number of nitrogens with zero attached hydrogens (tertiary/aromatic N) is 1. The average Bonchev–Trinajstić information content (AvgIpc) is 3.16. The predicted molar refractivity (Wildman–Crippen MR) is 101 cm³/mol. The van der Waals surface area contributed by atoms with Crippen LogP contribution in [0.25, 0.3) is 0 Å². The van der Waals surface area contributed by atoms with E-state index in [1.54, 1.807) is 35.2 Å². The van der Waals surface area contributed by atoms with Crippen LogP contribution < -0.4 is 5.32 Å². The Bertz CT molecular complexity index is 868. The third-order valence-corrected chi connectivity index (χ3v) is 5.10. The van der Waals surface area contributed by atoms with Crippen LogP contribution in [0.3, 0.4) is 0 Å². The van der Waals surface area contributed by atoms with Gasteiger partial charge in [-0.2, -0.15) is 0 Å². The molecule has 2 aliphatic heterocycles. The normalized spacial score (nSPS) is 18.2. The highest BCUT2D eigenvalue weighted by Gasteiger charge is 2.40. The molecule has 2 aromatic carbocycles. The van der Waals surface area contributed by atoms with E-state index in [0.29, 0.717) is 56.0 Å². The van der Waals surface area contributed by atoms with Crippen LogP contribution >= 0.6 is 0 Å². The topological polar surface area (TPSA) is 67.9 Å². The molecule has 0 saturated carbocycles. The molecule has 2 fully saturated rings. The van der Waals surface area contributed by atoms with Gasteiger partial charge in [-0.25, -0.2) is 4.39 Å². The van der Waals surface area contributed by atoms with E-state index in [2.05, 4.69) is 5.32 Å². The van der Waals surface area contributed by atoms with Crippen molar-refractivity contribution in [2.45, 2.75) is 18.6 Å². The summed E-state index contributed by atoms with van der Waals surface area (Å²) in [5.74, 6) is -1.38. The van der Waals surface area contributed by atoms with Crippen LogP contribution in [0.5, 0.6) is 0 Å². The Hall–Kier alpha value is -2.77. The van der Waals surface area contributed by atoms with Gasteiger partial charge in [0.25, 0.3) is 11.8 Å². The second kappa shape index (κ2) is 7.69. The fourth-order valence-corrected chi connectivity index (χ4v) is 3.55. The van der Waals surface area contributed by atoms with Crippen LogP contribution in [0.2, 0.25) is 0 Å². The first-order valence-corrected chi connectivity index (χ1v) is 9.29. The number of benzene rings is 2. The van der Waals surface area contributed by atoms with Crippen molar-refractivity contribution >= 4 is 17.5 Å². The average molecular weight is 384 g/mol. The molecule has 7 heteroatoms. The molecule has 6 nitrogen and oxygen atoms in total. The monoisotopic (exact) mass is 384 g/mol. The Kier molecular flexibility index (Phi) is 5.11. The van der Waals surface area contributed by atoms with Gasteiger partial charge < -0.3 is 19.7 Å². The number of rotatable bonds is 3. The summed E-state index contributed by atoms with van der Waals surface area (Å²) in [4.78, 5) is 26.8. The third-order valence-electron chi connectivity index (χ3n) is 5.10. The Morgan fingerprint density at radius 3 is 2.25 bits per heavy atom. The molecule has 1 N–H and O–H groups in total. The largest absolute Gasteiger partial charge is 0.347 e. The molecular weight excluding hydrogens is 363 g/mol. The number of carbonyl (C=O) groups is 2. The predicted octanol–water partition coefficient (Wildman–Crippen LogP) is 3.06. The van der Waals surface area contributed by atoms with E-state index in [4.69, 9.17) is 9.47 Å². The molecule has 0 bridgehead atoms. The number of hydrogen-bond acceptors (Lipinski definition) is 4. The molecule has 2 aliphatic rings. The molecule has 2 amide bonds. The maximum absolute atomic E-state index is 13.2. The van der Waals surface area contributed by atoms with Crippen molar-refractivity contribution in [1.29, 1.82) is 0 Å². The van der Waals surface area contributed by atoms with Crippen molar-refractivity contribution in [3.8, 4) is 0 Å². The lowest BCUT2D eigenvalue weighted by molar-refractivity contribution is -0.181. The summed E-state index contributed by atoms with van der Waals surface area (Å²) in [5, 5.41) is 2.64. The fourth-order valence-electron chi connectivity index (χ4n) is 3.55. The first kappa shape index (κ1) is 18.6. The standard InChI is InChI=1S/C21H21FN2O4/c22-17-2-1-3-18(14-17)23-19(25)15-4-6-16(7-5-15)20(26)24-10-8-21(9-11-24)27-12-13-28-21/h1-7,14H,8-13H2,(H,23,25). The van der Waals surface area contributed by atoms with E-state index in [9.17, 15) is 14.0 Å². The van der Waals surface area contributed by atoms with Crippen molar-refractivity contribution in [1.82, 2.24) is 4.90 Å². The molecule has 146 valence electrons. The van der Waals surface area contributed by atoms with E-state index in [1.165, 1.54) is 18.2 Å². The smallest absolute Gasteiger partial charge is 0.255 e. The number of likely N-dealkylation sites (tertiary alicyclic amines) is 1. The van der Waals surface area contributed by atoms with Gasteiger partial charge in [-0.05, 0) is 42.5 Å². The van der Waals surface area contributed by atoms with Crippen LogP contribution in [-0.2, 0) is 9.47 Å². The highest BCUT2D eigenvalue weighted by atomic mass is 19.1. The number of amides is 2. The van der Waals surface area contributed by atoms with Crippen molar-refractivity contribution in [3.63, 3.8) is 0 Å². The lowest BCUT2D eigenvalue weighted by Gasteiger charge is -2.37. The van der Waals surface area contributed by atoms with Gasteiger partial charge in [-0.3, -0.25) is 9.59 Å². The summed E-state index contributed by atoms with van der Waals surface area (Å²) in [5.41, 5.74) is 1.29. The molecule has 0 atom stereocenters. The molecule has 2 saturated heterocycles. The second-order valence-electron chi connectivity index (χ2n) is 6.94. The SMILES string of the molecule is O=C(Nc1cccc(F)c1)c1ccc(C(=O)N2CCC3(CC2)OCCO3)cc1. The molecule has 0 unspecified atom stereocenters. The molecule has 0 radical (unpaired) electrons. The van der Waals surface area contributed by atoms with Crippen molar-refractivity contribution in [3.05, 3.63) is 65.5 Å². The Morgan fingerprint density at radius 1 is 0.964 bits per heavy atom. The zero-order chi connectivity index (χ0) is 19.6. The number of carbonyl (C=O) groups excluding carboxylic acids is 2. The van der Waals surface area contributed by atoms with Crippen LogP contribution in [0.15, 0.2) is 48.5 Å². The summed E-state index contributed by atoms with van der Waals surface area (Å²) >= 11 is 0. The van der Waals surface area contributed by atoms with Gasteiger partial charge in [-0.15, -0.1) is 0 Å². The molecule has 1 spiro atoms. The minimum atomic E-state index is -0.518. The molecule has 28 heavy (non-hydrogen) atoms. The van der Waals surface area contributed by atoms with Gasteiger partial charge >= 0.3 is 0 Å². The number of hydrogen-bond donors (Lipinski definition) is 1. The fraction of sp³-hybridized carbons (Fsp3) is 0.333. The van der Waals surface area contributed by atoms with E-state index in [0.717, 1.165) is 0 Å². The molecule has 0 aliphatic carbocycles. The summed E-state index contributed by atoms with van der Waals surface area (Å²) in [6.45, 7) is 2.35. The van der Waals surface area contributed by atoms with Gasteiger partial charge in [0.2, 0.25) is 0 Å². The van der Waals surface area contributed by atoms with E-state index in [1.807, 2.05) is 0 Å². The second-order valence-corrected chi connectivity index (χ2v) is 6.94. The van der Waals surface area contributed by atoms with Gasteiger partial charge in [0, 0.05) is 42.7 Å². The van der Waals surface area contributed by atoms with Crippen LogP contribution in [0.4, 0.5) is 10.1 Å². The number of nitrogens with one attached hydrogen (secondary N) is 1. The lowest BCUT2D eigenvalue weighted by Crippen LogP contribution is -2.47. The summed E-state index contributed by atoms with van der Waals surface area (Å²) in [6, 6.07) is 12.1. The van der Waals surface area contributed by atoms with Crippen LogP contribution in [0.1, 0.15) is 33.6 Å². The number of ether oxygens (including phenoxy) is 2. The summed E-state index contributed by atoms with van der Waals surface area (Å²) < 4.78 is 24.6. The van der Waals surface area contributed by atoms with Crippen LogP contribution in [0, 0.1) is 5.82 Å². The van der Waals surface area contributed by atoms with Crippen molar-refractivity contribution < 1.29 is 23.5 Å². The van der Waals surface area contributed by atoms with Crippen molar-refractivity contribution in [2.24, 2.45) is 0 Å². The number of piperidine rings is 1. The van der Waals surface area contributed by atoms with Crippen molar-refractivity contribution in [2.75, 3.05) is 31.6 Å². The zero-order valence-corrected chi connectivity index (χ0v) is 15.3. The highest BCUT2D eigenvalue weighted by Crippen LogP contribution is 2.31. The van der Waals surface area contributed by atoms with Crippen LogP contribution in [-0.4, -0.2) is 48.8 Å². The van der Waals surface area contributed by atoms with E-state index in [-0.39, 0.29) is 11.8 Å². The van der Waals surface area contributed by atoms with Gasteiger partial charge in [0.05, 0.1) is 13.2 Å². The van der Waals surface area contributed by atoms with Gasteiger partial charge in [-0.1, -0.05) is 6.07 Å².